The highest BCUT2D eigenvalue weighted by Gasteiger charge is 2.16. The number of nitriles is 1. The molecule has 1 saturated heterocycles. The molecular weight excluding hydrogens is 292 g/mol. The lowest BCUT2D eigenvalue weighted by atomic mass is 10.2. The molecule has 0 aliphatic carbocycles. The van der Waals surface area contributed by atoms with Crippen LogP contribution in [0.3, 0.4) is 0 Å². The first-order chi connectivity index (χ1) is 11.0. The summed E-state index contributed by atoms with van der Waals surface area (Å²) in [4.78, 5) is 16.6. The second-order valence-corrected chi connectivity index (χ2v) is 5.65. The molecule has 1 aromatic carbocycles. The van der Waals surface area contributed by atoms with Gasteiger partial charge in [0.05, 0.1) is 12.8 Å². The number of methoxy groups -OCH3 is 1. The van der Waals surface area contributed by atoms with Crippen LogP contribution in [0.2, 0.25) is 0 Å². The van der Waals surface area contributed by atoms with Crippen LogP contribution in [0.25, 0.3) is 0 Å². The Bertz CT molecular complexity index is 640. The van der Waals surface area contributed by atoms with Gasteiger partial charge in [-0.15, -0.1) is 0 Å². The van der Waals surface area contributed by atoms with Crippen LogP contribution in [0.4, 0.5) is 5.69 Å². The van der Waals surface area contributed by atoms with Crippen molar-refractivity contribution in [3.05, 3.63) is 35.5 Å². The van der Waals surface area contributed by atoms with E-state index in [0.717, 1.165) is 31.7 Å². The van der Waals surface area contributed by atoms with Gasteiger partial charge in [0.25, 0.3) is 5.91 Å². The summed E-state index contributed by atoms with van der Waals surface area (Å²) in [5.41, 5.74) is 1.66. The molecule has 0 atom stereocenters. The SMILES string of the molecule is COc1ccc(C)cc1NC(=O)/C(C#N)=C\N1CCN(C)CC1. The van der Waals surface area contributed by atoms with Gasteiger partial charge in [0.2, 0.25) is 0 Å². The maximum atomic E-state index is 12.4. The van der Waals surface area contributed by atoms with E-state index in [1.165, 1.54) is 0 Å². The molecule has 0 radical (unpaired) electrons. The van der Waals surface area contributed by atoms with Crippen molar-refractivity contribution in [1.82, 2.24) is 9.80 Å². The topological polar surface area (TPSA) is 68.6 Å². The van der Waals surface area contributed by atoms with Crippen molar-refractivity contribution in [3.63, 3.8) is 0 Å². The number of hydrogen-bond acceptors (Lipinski definition) is 5. The van der Waals surface area contributed by atoms with Crippen molar-refractivity contribution in [1.29, 1.82) is 5.26 Å². The van der Waals surface area contributed by atoms with E-state index in [1.807, 2.05) is 30.0 Å². The second kappa shape index (κ2) is 7.65. The van der Waals surface area contributed by atoms with Crippen LogP contribution >= 0.6 is 0 Å². The number of ether oxygens (including phenoxy) is 1. The minimum atomic E-state index is -0.421. The van der Waals surface area contributed by atoms with E-state index in [4.69, 9.17) is 4.74 Å². The van der Waals surface area contributed by atoms with Crippen LogP contribution < -0.4 is 10.1 Å². The molecule has 1 aromatic rings. The number of nitrogens with zero attached hydrogens (tertiary/aromatic N) is 3. The monoisotopic (exact) mass is 314 g/mol. The highest BCUT2D eigenvalue weighted by molar-refractivity contribution is 6.07. The number of likely N-dealkylation sites (N-methyl/N-ethyl adjacent to an activating group) is 1. The molecule has 0 spiro atoms. The van der Waals surface area contributed by atoms with Gasteiger partial charge in [-0.25, -0.2) is 0 Å². The predicted molar refractivity (Wildman–Crippen MR) is 89.1 cm³/mol. The molecule has 1 aliphatic heterocycles. The molecule has 0 bridgehead atoms. The zero-order chi connectivity index (χ0) is 16.8. The number of hydrogen-bond donors (Lipinski definition) is 1. The number of anilines is 1. The molecule has 1 fully saturated rings. The number of amides is 1. The molecule has 0 unspecified atom stereocenters. The lowest BCUT2D eigenvalue weighted by Gasteiger charge is -2.31. The van der Waals surface area contributed by atoms with Crippen molar-refractivity contribution in [3.8, 4) is 11.8 Å². The molecular formula is C17H22N4O2. The van der Waals surface area contributed by atoms with Crippen molar-refractivity contribution in [2.45, 2.75) is 6.92 Å². The van der Waals surface area contributed by atoms with Gasteiger partial charge >= 0.3 is 0 Å². The first-order valence-corrected chi connectivity index (χ1v) is 7.54. The lowest BCUT2D eigenvalue weighted by Crippen LogP contribution is -2.42. The molecule has 6 nitrogen and oxygen atoms in total. The summed E-state index contributed by atoms with van der Waals surface area (Å²) >= 11 is 0. The van der Waals surface area contributed by atoms with Gasteiger partial charge in [-0.1, -0.05) is 6.07 Å². The molecule has 0 aromatic heterocycles. The van der Waals surface area contributed by atoms with E-state index in [0.29, 0.717) is 11.4 Å². The Balaban J connectivity index is 2.12. The smallest absolute Gasteiger partial charge is 0.267 e. The van der Waals surface area contributed by atoms with E-state index < -0.39 is 5.91 Å². The van der Waals surface area contributed by atoms with E-state index >= 15 is 0 Å². The van der Waals surface area contributed by atoms with Gasteiger partial charge in [-0.05, 0) is 31.7 Å². The summed E-state index contributed by atoms with van der Waals surface area (Å²) in [6.07, 6.45) is 1.64. The largest absolute Gasteiger partial charge is 0.495 e. The van der Waals surface area contributed by atoms with Gasteiger partial charge in [0.1, 0.15) is 17.4 Å². The van der Waals surface area contributed by atoms with Crippen LogP contribution in [-0.4, -0.2) is 56.0 Å². The van der Waals surface area contributed by atoms with Crippen molar-refractivity contribution in [2.24, 2.45) is 0 Å². The number of nitrogens with one attached hydrogen (secondary N) is 1. The summed E-state index contributed by atoms with van der Waals surface area (Å²) in [5, 5.41) is 12.1. The average molecular weight is 314 g/mol. The first kappa shape index (κ1) is 16.8. The zero-order valence-electron chi connectivity index (χ0n) is 13.8. The Hall–Kier alpha value is -2.52. The molecule has 23 heavy (non-hydrogen) atoms. The van der Waals surface area contributed by atoms with Gasteiger partial charge in [0, 0.05) is 32.4 Å². The minimum Gasteiger partial charge on any atom is -0.495 e. The third-order valence-electron chi connectivity index (χ3n) is 3.82. The number of piperazine rings is 1. The van der Waals surface area contributed by atoms with E-state index in [2.05, 4.69) is 17.3 Å². The van der Waals surface area contributed by atoms with Crippen LogP contribution in [0.15, 0.2) is 30.0 Å². The third-order valence-corrected chi connectivity index (χ3v) is 3.82. The van der Waals surface area contributed by atoms with Gasteiger partial charge in [-0.3, -0.25) is 4.79 Å². The highest BCUT2D eigenvalue weighted by Crippen LogP contribution is 2.25. The van der Waals surface area contributed by atoms with Crippen molar-refractivity contribution >= 4 is 11.6 Å². The Labute approximate surface area is 136 Å². The fourth-order valence-corrected chi connectivity index (χ4v) is 2.38. The maximum absolute atomic E-state index is 12.4. The van der Waals surface area contributed by atoms with E-state index in [1.54, 1.807) is 19.4 Å². The molecule has 1 heterocycles. The predicted octanol–water partition coefficient (Wildman–Crippen LogP) is 1.60. The average Bonchev–Trinajstić information content (AvgIpc) is 2.54. The molecule has 0 saturated carbocycles. The molecule has 1 N–H and O–H groups in total. The summed E-state index contributed by atoms with van der Waals surface area (Å²) in [6.45, 7) is 5.39. The van der Waals surface area contributed by atoms with Crippen LogP contribution in [-0.2, 0) is 4.79 Å². The van der Waals surface area contributed by atoms with E-state index in [-0.39, 0.29) is 5.57 Å². The zero-order valence-corrected chi connectivity index (χ0v) is 13.8. The van der Waals surface area contributed by atoms with Gasteiger partial charge in [-0.2, -0.15) is 5.26 Å². The Morgan fingerprint density at radius 1 is 1.35 bits per heavy atom. The Morgan fingerprint density at radius 2 is 2.04 bits per heavy atom. The molecule has 122 valence electrons. The lowest BCUT2D eigenvalue weighted by molar-refractivity contribution is -0.112. The third kappa shape index (κ3) is 4.47. The second-order valence-electron chi connectivity index (χ2n) is 5.65. The fourth-order valence-electron chi connectivity index (χ4n) is 2.38. The highest BCUT2D eigenvalue weighted by atomic mass is 16.5. The summed E-state index contributed by atoms with van der Waals surface area (Å²) in [6, 6.07) is 7.50. The molecule has 2 rings (SSSR count). The number of carbonyl (C=O) groups is 1. The maximum Gasteiger partial charge on any atom is 0.267 e. The normalized spacial score (nSPS) is 15.9. The van der Waals surface area contributed by atoms with Crippen LogP contribution in [0, 0.1) is 18.3 Å². The Morgan fingerprint density at radius 3 is 2.65 bits per heavy atom. The number of rotatable bonds is 4. The summed E-state index contributed by atoms with van der Waals surface area (Å²) in [7, 11) is 3.61. The van der Waals surface area contributed by atoms with Crippen molar-refractivity contribution < 1.29 is 9.53 Å². The summed E-state index contributed by atoms with van der Waals surface area (Å²) < 4.78 is 5.24. The minimum absolute atomic E-state index is 0.0955. The fraction of sp³-hybridized carbons (Fsp3) is 0.412. The first-order valence-electron chi connectivity index (χ1n) is 7.54. The van der Waals surface area contributed by atoms with E-state index in [9.17, 15) is 10.1 Å². The molecule has 1 aliphatic rings. The van der Waals surface area contributed by atoms with Crippen LogP contribution in [0.1, 0.15) is 5.56 Å². The quantitative estimate of drug-likeness (QED) is 0.675. The summed E-state index contributed by atoms with van der Waals surface area (Å²) in [5.74, 6) is 0.149. The van der Waals surface area contributed by atoms with Gasteiger partial charge < -0.3 is 19.9 Å². The van der Waals surface area contributed by atoms with Gasteiger partial charge in [0.15, 0.2) is 0 Å². The number of aryl methyl sites for hydroxylation is 1. The molecule has 1 amide bonds. The van der Waals surface area contributed by atoms with Crippen molar-refractivity contribution in [2.75, 3.05) is 45.7 Å². The standard InChI is InChI=1S/C17H22N4O2/c1-13-4-5-16(23-3)15(10-13)19-17(22)14(11-18)12-21-8-6-20(2)7-9-21/h4-5,10,12H,6-9H2,1-3H3,(H,19,22)/b14-12-. The number of carbonyl (C=O) groups excluding carboxylic acids is 1. The van der Waals surface area contributed by atoms with Crippen LogP contribution in [0.5, 0.6) is 5.75 Å². The number of benzene rings is 1. The Kier molecular flexibility index (Phi) is 5.61. The molecule has 6 heteroatoms.